The van der Waals surface area contributed by atoms with Gasteiger partial charge in [0, 0.05) is 24.5 Å². The molecule has 4 aliphatic heterocycles. The number of allylic oxidation sites excluding steroid dienone is 1. The van der Waals surface area contributed by atoms with Crippen molar-refractivity contribution in [2.75, 3.05) is 41.4 Å². The molecule has 8 nitrogen and oxygen atoms in total. The fourth-order valence-electron chi connectivity index (χ4n) is 7.48. The first kappa shape index (κ1) is 28.6. The van der Waals surface area contributed by atoms with E-state index >= 15 is 0 Å². The van der Waals surface area contributed by atoms with Gasteiger partial charge in [0.2, 0.25) is 0 Å². The molecule has 2 unspecified atom stereocenters. The van der Waals surface area contributed by atoms with Gasteiger partial charge in [0.25, 0.3) is 0 Å². The molecule has 6 bridgehead atoms. The first-order valence-electron chi connectivity index (χ1n) is 15.4. The van der Waals surface area contributed by atoms with Crippen LogP contribution in [0.1, 0.15) is 34.7 Å². The van der Waals surface area contributed by atoms with Crippen LogP contribution in [0.5, 0.6) is 28.7 Å². The van der Waals surface area contributed by atoms with Crippen LogP contribution in [0.25, 0.3) is 0 Å². The Balaban J connectivity index is 1.42. The first-order chi connectivity index (χ1) is 21.3. The van der Waals surface area contributed by atoms with Crippen molar-refractivity contribution in [1.82, 2.24) is 9.80 Å². The minimum absolute atomic E-state index is 0.0244. The Morgan fingerprint density at radius 3 is 2.39 bits per heavy atom. The molecule has 8 rings (SSSR count). The number of rotatable bonds is 2. The number of hydrogen-bond acceptors (Lipinski definition) is 8. The minimum atomic E-state index is -0.0947. The van der Waals surface area contributed by atoms with Crippen LogP contribution in [-0.4, -0.2) is 67.5 Å². The van der Waals surface area contributed by atoms with Crippen LogP contribution in [0, 0.1) is 11.8 Å². The quantitative estimate of drug-likeness (QED) is 0.365. The molecular formula is C36H40N2O6. The van der Waals surface area contributed by atoms with E-state index < -0.39 is 0 Å². The number of hydrogen-bond donors (Lipinski definition) is 2. The number of nitrogens with zero attached hydrogens (tertiary/aromatic N) is 2. The van der Waals surface area contributed by atoms with Gasteiger partial charge in [-0.05, 0) is 117 Å². The number of methoxy groups -OCH3 is 2. The molecule has 0 saturated carbocycles. The second-order valence-corrected chi connectivity index (χ2v) is 12.5. The number of aliphatic hydroxyl groups excluding tert-OH is 1. The van der Waals surface area contributed by atoms with Crippen LogP contribution in [0.15, 0.2) is 78.0 Å². The smallest absolute Gasteiger partial charge is 0.199 e. The van der Waals surface area contributed by atoms with Crippen molar-refractivity contribution in [3.63, 3.8) is 0 Å². The summed E-state index contributed by atoms with van der Waals surface area (Å²) in [6.45, 7) is 1.81. The third-order valence-corrected chi connectivity index (χ3v) is 9.91. The lowest BCUT2D eigenvalue weighted by Crippen LogP contribution is -2.50. The third kappa shape index (κ3) is 5.06. The van der Waals surface area contributed by atoms with Gasteiger partial charge in [0.15, 0.2) is 40.3 Å². The Kier molecular flexibility index (Phi) is 7.42. The highest BCUT2D eigenvalue weighted by atomic mass is 16.5. The number of benzene rings is 3. The minimum Gasteiger partial charge on any atom is -0.504 e. The van der Waals surface area contributed by atoms with Crippen molar-refractivity contribution in [3.8, 4) is 28.7 Å². The maximum absolute atomic E-state index is 11.1. The summed E-state index contributed by atoms with van der Waals surface area (Å²) in [6.07, 6.45) is 5.20. The van der Waals surface area contributed by atoms with E-state index in [1.54, 1.807) is 20.3 Å². The summed E-state index contributed by atoms with van der Waals surface area (Å²) in [5.74, 6) is 3.52. The van der Waals surface area contributed by atoms with Crippen LogP contribution in [0.3, 0.4) is 0 Å². The number of likely N-dealkylation sites (tertiary alicyclic amines) is 1. The highest BCUT2D eigenvalue weighted by Crippen LogP contribution is 2.47. The van der Waals surface area contributed by atoms with E-state index in [9.17, 15) is 10.2 Å². The van der Waals surface area contributed by atoms with Gasteiger partial charge in [-0.1, -0.05) is 18.2 Å². The zero-order valence-corrected chi connectivity index (χ0v) is 25.7. The van der Waals surface area contributed by atoms with Crippen molar-refractivity contribution in [3.05, 3.63) is 100 Å². The highest BCUT2D eigenvalue weighted by molar-refractivity contribution is 5.52. The van der Waals surface area contributed by atoms with E-state index in [0.29, 0.717) is 40.9 Å². The zero-order chi connectivity index (χ0) is 30.5. The van der Waals surface area contributed by atoms with Crippen molar-refractivity contribution < 1.29 is 29.2 Å². The van der Waals surface area contributed by atoms with Crippen LogP contribution in [0.4, 0.5) is 0 Å². The van der Waals surface area contributed by atoms with Crippen LogP contribution in [0.2, 0.25) is 0 Å². The molecule has 0 aromatic heterocycles. The van der Waals surface area contributed by atoms with Crippen LogP contribution >= 0.6 is 0 Å². The molecule has 44 heavy (non-hydrogen) atoms. The fourth-order valence-corrected chi connectivity index (χ4v) is 7.48. The molecule has 4 atom stereocenters. The monoisotopic (exact) mass is 596 g/mol. The van der Waals surface area contributed by atoms with E-state index in [-0.39, 0.29) is 35.4 Å². The van der Waals surface area contributed by atoms with Gasteiger partial charge in [-0.15, -0.1) is 0 Å². The normalized spacial score (nSPS) is 25.1. The van der Waals surface area contributed by atoms with Gasteiger partial charge < -0.3 is 34.1 Å². The Labute approximate surface area is 258 Å². The van der Waals surface area contributed by atoms with E-state index in [1.165, 1.54) is 16.7 Å². The molecule has 1 saturated heterocycles. The molecule has 4 heterocycles. The van der Waals surface area contributed by atoms with E-state index in [2.05, 4.69) is 48.2 Å². The number of fused-ring (bicyclic) bond motifs is 2. The lowest BCUT2D eigenvalue weighted by Gasteiger charge is -2.45. The summed E-state index contributed by atoms with van der Waals surface area (Å²) in [6, 6.07) is 18.1. The summed E-state index contributed by atoms with van der Waals surface area (Å²) >= 11 is 0. The molecular weight excluding hydrogens is 556 g/mol. The van der Waals surface area contributed by atoms with Crippen molar-refractivity contribution in [2.45, 2.75) is 37.8 Å². The Bertz CT molecular complexity index is 1630. The predicted octanol–water partition coefficient (Wildman–Crippen LogP) is 6.15. The average Bonchev–Trinajstić information content (AvgIpc) is 3.02. The zero-order valence-electron chi connectivity index (χ0n) is 25.7. The largest absolute Gasteiger partial charge is 0.504 e. The molecule has 230 valence electrons. The van der Waals surface area contributed by atoms with Gasteiger partial charge in [-0.25, -0.2) is 0 Å². The molecule has 2 N–H and O–H groups in total. The summed E-state index contributed by atoms with van der Waals surface area (Å²) in [5, 5.41) is 21.9. The van der Waals surface area contributed by atoms with Crippen molar-refractivity contribution >= 4 is 0 Å². The molecule has 0 spiro atoms. The Hall–Kier alpha value is -4.14. The summed E-state index contributed by atoms with van der Waals surface area (Å²) in [4.78, 5) is 4.75. The number of ether oxygens (including phenoxy) is 4. The topological polar surface area (TPSA) is 83.9 Å². The predicted molar refractivity (Wildman–Crippen MR) is 167 cm³/mol. The summed E-state index contributed by atoms with van der Waals surface area (Å²) in [5.41, 5.74) is 4.67. The average molecular weight is 597 g/mol. The van der Waals surface area contributed by atoms with E-state index in [1.807, 2.05) is 30.3 Å². The standard InChI is InChI=1S/C36H40N2O6/c1-37-13-11-23-19-32(41-3)33-20-26(23)27(37)15-21-5-8-25(9-6-21)43-31-17-22(7-10-29(31)39)16-28-34-24(12-14-38(28)2)18-30(40)35(42-4)36(34)44-33/h5-10,17-20,24,27-28,34,39-40H,11-16H2,1-4H3/t24?,27-,28+,34?/m0/s1. The number of phenols is 1. The fraction of sp³-hybridized carbons (Fsp3) is 0.389. The Morgan fingerprint density at radius 1 is 0.818 bits per heavy atom. The molecule has 0 radical (unpaired) electrons. The SMILES string of the molecule is COC1=C2Oc3cc4c(cc3OC)CCN(C)[C@H]4Cc3ccc(cc3)Oc3cc(ccc3O)C[C@@H]3C2C(C=C1O)CCN3C. The van der Waals surface area contributed by atoms with Gasteiger partial charge in [-0.3, -0.25) is 4.90 Å². The van der Waals surface area contributed by atoms with Crippen molar-refractivity contribution in [1.29, 1.82) is 0 Å². The van der Waals surface area contributed by atoms with Gasteiger partial charge in [0.1, 0.15) is 5.75 Å². The lowest BCUT2D eigenvalue weighted by atomic mass is 9.73. The number of aromatic hydroxyl groups is 1. The highest BCUT2D eigenvalue weighted by Gasteiger charge is 2.44. The lowest BCUT2D eigenvalue weighted by molar-refractivity contribution is 0.0683. The summed E-state index contributed by atoms with van der Waals surface area (Å²) in [7, 11) is 7.55. The molecule has 5 aliphatic rings. The maximum atomic E-state index is 11.1. The van der Waals surface area contributed by atoms with Crippen LogP contribution in [-0.2, 0) is 24.0 Å². The molecule has 3 aromatic carbocycles. The first-order valence-corrected chi connectivity index (χ1v) is 15.4. The van der Waals surface area contributed by atoms with E-state index in [0.717, 1.165) is 37.9 Å². The van der Waals surface area contributed by atoms with Gasteiger partial charge >= 0.3 is 0 Å². The van der Waals surface area contributed by atoms with Gasteiger partial charge in [0.05, 0.1) is 14.2 Å². The second kappa shape index (κ2) is 11.4. The molecule has 3 aromatic rings. The maximum Gasteiger partial charge on any atom is 0.199 e. The number of likely N-dealkylation sites (N-methyl/N-ethyl adjacent to an activating group) is 2. The molecule has 1 aliphatic carbocycles. The summed E-state index contributed by atoms with van der Waals surface area (Å²) < 4.78 is 24.9. The number of aliphatic hydroxyl groups is 1. The molecule has 8 heteroatoms. The molecule has 1 fully saturated rings. The third-order valence-electron chi connectivity index (χ3n) is 9.91. The Morgan fingerprint density at radius 2 is 1.61 bits per heavy atom. The van der Waals surface area contributed by atoms with E-state index in [4.69, 9.17) is 18.9 Å². The number of piperidine rings is 1. The molecule has 0 amide bonds. The number of phenolic OH excluding ortho intramolecular Hbond substituents is 1. The van der Waals surface area contributed by atoms with Gasteiger partial charge in [-0.2, -0.15) is 0 Å². The second-order valence-electron chi connectivity index (χ2n) is 12.5. The van der Waals surface area contributed by atoms with Crippen LogP contribution < -0.4 is 14.2 Å². The van der Waals surface area contributed by atoms with Crippen molar-refractivity contribution in [2.24, 2.45) is 11.8 Å².